The Bertz CT molecular complexity index is 872. The van der Waals surface area contributed by atoms with Crippen LogP contribution in [0.15, 0.2) is 42.5 Å². The summed E-state index contributed by atoms with van der Waals surface area (Å²) in [6, 6.07) is 14.3. The second-order valence-corrected chi connectivity index (χ2v) is 8.84. The van der Waals surface area contributed by atoms with Gasteiger partial charge in [-0.2, -0.15) is 0 Å². The molecule has 0 saturated carbocycles. The maximum atomic E-state index is 12.1. The topological polar surface area (TPSA) is 44.8 Å². The van der Waals surface area contributed by atoms with E-state index in [0.29, 0.717) is 5.56 Å². The van der Waals surface area contributed by atoms with E-state index in [1.54, 1.807) is 0 Å². The molecule has 154 valence electrons. The summed E-state index contributed by atoms with van der Waals surface area (Å²) in [5.74, 6) is -0.353. The van der Waals surface area contributed by atoms with Crippen molar-refractivity contribution in [2.45, 2.75) is 65.1 Å². The monoisotopic (exact) mass is 394 g/mol. The smallest absolute Gasteiger partial charge is 0.465 e. The van der Waals surface area contributed by atoms with Gasteiger partial charge in [0.1, 0.15) is 0 Å². The van der Waals surface area contributed by atoms with Crippen molar-refractivity contribution < 1.29 is 18.8 Å². The molecule has 0 aromatic heterocycles. The van der Waals surface area contributed by atoms with Crippen LogP contribution in [-0.2, 0) is 26.9 Å². The number of esters is 1. The highest BCUT2D eigenvalue weighted by atomic mass is 16.7. The minimum absolute atomic E-state index is 0.353. The van der Waals surface area contributed by atoms with E-state index in [1.807, 2.05) is 45.9 Å². The summed E-state index contributed by atoms with van der Waals surface area (Å²) < 4.78 is 17.4. The number of ether oxygens (including phenoxy) is 1. The van der Waals surface area contributed by atoms with Gasteiger partial charge in [-0.25, -0.2) is 4.79 Å². The summed E-state index contributed by atoms with van der Waals surface area (Å²) in [7, 11) is 0.894. The van der Waals surface area contributed by atoms with Gasteiger partial charge in [-0.3, -0.25) is 0 Å². The molecule has 5 heteroatoms. The van der Waals surface area contributed by atoms with Crippen molar-refractivity contribution in [2.24, 2.45) is 0 Å². The molecule has 4 nitrogen and oxygen atoms in total. The van der Waals surface area contributed by atoms with Gasteiger partial charge in [-0.05, 0) is 82.6 Å². The molecule has 2 aromatic rings. The fourth-order valence-electron chi connectivity index (χ4n) is 3.61. The van der Waals surface area contributed by atoms with Crippen molar-refractivity contribution in [1.82, 2.24) is 0 Å². The summed E-state index contributed by atoms with van der Waals surface area (Å²) >= 11 is 0. The molecule has 1 fully saturated rings. The molecule has 1 heterocycles. The van der Waals surface area contributed by atoms with E-state index >= 15 is 0 Å². The van der Waals surface area contributed by atoms with E-state index in [4.69, 9.17) is 14.0 Å². The highest BCUT2D eigenvalue weighted by Gasteiger charge is 2.52. The Kier molecular flexibility index (Phi) is 6.20. The summed E-state index contributed by atoms with van der Waals surface area (Å²) in [6.07, 6.45) is 2.89. The van der Waals surface area contributed by atoms with Crippen LogP contribution < -0.4 is 5.46 Å². The molecule has 0 unspecified atom stereocenters. The number of hydrogen-bond donors (Lipinski definition) is 0. The van der Waals surface area contributed by atoms with Gasteiger partial charge in [0.15, 0.2) is 0 Å². The lowest BCUT2D eigenvalue weighted by Crippen LogP contribution is -2.41. The molecule has 1 aliphatic rings. The number of rotatable bonds is 6. The van der Waals surface area contributed by atoms with Gasteiger partial charge in [0.2, 0.25) is 0 Å². The Morgan fingerprint density at radius 3 is 2.31 bits per heavy atom. The van der Waals surface area contributed by atoms with Crippen LogP contribution in [0.3, 0.4) is 0 Å². The summed E-state index contributed by atoms with van der Waals surface area (Å²) in [5.41, 5.74) is 4.32. The average Bonchev–Trinajstić information content (AvgIpc) is 2.88. The van der Waals surface area contributed by atoms with E-state index < -0.39 is 18.3 Å². The minimum Gasteiger partial charge on any atom is -0.465 e. The molecule has 1 aliphatic heterocycles. The van der Waals surface area contributed by atoms with Crippen molar-refractivity contribution in [3.05, 3.63) is 64.7 Å². The summed E-state index contributed by atoms with van der Waals surface area (Å²) in [4.78, 5) is 12.1. The molecule has 1 saturated heterocycles. The van der Waals surface area contributed by atoms with Crippen LogP contribution in [0.25, 0.3) is 0 Å². The fourth-order valence-corrected chi connectivity index (χ4v) is 3.61. The first-order valence-corrected chi connectivity index (χ1v) is 10.3. The third kappa shape index (κ3) is 4.73. The average molecular weight is 394 g/mol. The number of carbonyl (C=O) groups excluding carboxylic acids is 1. The van der Waals surface area contributed by atoms with Gasteiger partial charge < -0.3 is 14.0 Å². The molecule has 29 heavy (non-hydrogen) atoms. The molecule has 0 amide bonds. The van der Waals surface area contributed by atoms with Gasteiger partial charge in [-0.1, -0.05) is 35.9 Å². The van der Waals surface area contributed by atoms with Crippen molar-refractivity contribution >= 4 is 18.6 Å². The zero-order valence-corrected chi connectivity index (χ0v) is 18.4. The first-order chi connectivity index (χ1) is 13.6. The third-order valence-electron chi connectivity index (χ3n) is 6.07. The van der Waals surface area contributed by atoms with Crippen molar-refractivity contribution in [3.8, 4) is 0 Å². The Morgan fingerprint density at radius 1 is 1.00 bits per heavy atom. The van der Waals surface area contributed by atoms with E-state index in [2.05, 4.69) is 31.2 Å². The van der Waals surface area contributed by atoms with E-state index in [1.165, 1.54) is 18.2 Å². The molecular formula is C24H31BO4. The highest BCUT2D eigenvalue weighted by molar-refractivity contribution is 6.62. The van der Waals surface area contributed by atoms with Crippen LogP contribution in [0.2, 0.25) is 0 Å². The quantitative estimate of drug-likeness (QED) is 0.543. The van der Waals surface area contributed by atoms with Crippen molar-refractivity contribution in [3.63, 3.8) is 0 Å². The molecule has 0 aliphatic carbocycles. The van der Waals surface area contributed by atoms with Crippen LogP contribution >= 0.6 is 0 Å². The summed E-state index contributed by atoms with van der Waals surface area (Å²) in [6.45, 7) is 10.3. The summed E-state index contributed by atoms with van der Waals surface area (Å²) in [5, 5.41) is 0. The molecule has 0 atom stereocenters. The predicted octanol–water partition coefficient (Wildman–Crippen LogP) is 4.26. The van der Waals surface area contributed by atoms with Crippen LogP contribution in [-0.4, -0.2) is 31.4 Å². The van der Waals surface area contributed by atoms with Crippen molar-refractivity contribution in [1.29, 1.82) is 0 Å². The predicted molar refractivity (Wildman–Crippen MR) is 117 cm³/mol. The van der Waals surface area contributed by atoms with Crippen LogP contribution in [0.1, 0.15) is 61.2 Å². The van der Waals surface area contributed by atoms with Crippen LogP contribution in [0.5, 0.6) is 0 Å². The van der Waals surface area contributed by atoms with Gasteiger partial charge in [0.05, 0.1) is 23.9 Å². The Morgan fingerprint density at radius 2 is 1.69 bits per heavy atom. The first kappa shape index (κ1) is 21.6. The van der Waals surface area contributed by atoms with Gasteiger partial charge in [0.25, 0.3) is 0 Å². The first-order valence-electron chi connectivity index (χ1n) is 10.3. The minimum atomic E-state index is -0.501. The second-order valence-electron chi connectivity index (χ2n) is 8.84. The number of methoxy groups -OCH3 is 1. The molecule has 2 aromatic carbocycles. The molecule has 0 bridgehead atoms. The number of hydrogen-bond acceptors (Lipinski definition) is 4. The number of benzene rings is 2. The SMILES string of the molecule is COC(=O)c1ccc(CCCc2cccc(C)c2)c(B2OC(C)(C)C(C)(C)O2)c1. The molecule has 0 spiro atoms. The molecule has 3 rings (SSSR count). The van der Waals surface area contributed by atoms with Gasteiger partial charge in [0, 0.05) is 0 Å². The molecular weight excluding hydrogens is 363 g/mol. The van der Waals surface area contributed by atoms with Gasteiger partial charge >= 0.3 is 13.1 Å². The second kappa shape index (κ2) is 8.33. The Labute approximate surface area is 174 Å². The zero-order chi connectivity index (χ0) is 21.2. The standard InChI is InChI=1S/C24H31BO4/c1-17-9-7-10-18(15-17)11-8-12-19-13-14-20(22(26)27-6)16-21(19)25-28-23(2,3)24(4,5)29-25/h7,9-10,13-16H,8,11-12H2,1-6H3. The maximum Gasteiger partial charge on any atom is 0.495 e. The Hall–Kier alpha value is -2.11. The van der Waals surface area contributed by atoms with E-state index in [9.17, 15) is 4.79 Å². The Balaban J connectivity index is 1.83. The zero-order valence-electron chi connectivity index (χ0n) is 18.4. The molecule has 0 N–H and O–H groups in total. The normalized spacial score (nSPS) is 17.4. The van der Waals surface area contributed by atoms with E-state index in [0.717, 1.165) is 30.3 Å². The molecule has 0 radical (unpaired) electrons. The largest absolute Gasteiger partial charge is 0.495 e. The maximum absolute atomic E-state index is 12.1. The highest BCUT2D eigenvalue weighted by Crippen LogP contribution is 2.36. The van der Waals surface area contributed by atoms with Crippen LogP contribution in [0, 0.1) is 6.92 Å². The number of aryl methyl sites for hydroxylation is 3. The van der Waals surface area contributed by atoms with E-state index in [-0.39, 0.29) is 5.97 Å². The number of carbonyl (C=O) groups is 1. The third-order valence-corrected chi connectivity index (χ3v) is 6.07. The lowest BCUT2D eigenvalue weighted by atomic mass is 9.74. The fraction of sp³-hybridized carbons (Fsp3) is 0.458. The lowest BCUT2D eigenvalue weighted by Gasteiger charge is -2.32. The lowest BCUT2D eigenvalue weighted by molar-refractivity contribution is 0.00578. The van der Waals surface area contributed by atoms with Gasteiger partial charge in [-0.15, -0.1) is 0 Å². The van der Waals surface area contributed by atoms with Crippen molar-refractivity contribution in [2.75, 3.05) is 7.11 Å². The van der Waals surface area contributed by atoms with Crippen LogP contribution in [0.4, 0.5) is 0 Å².